The molecule has 3 N–H and O–H groups in total. The number of rotatable bonds is 4. The SMILES string of the molecule is O=C1OCC(Cc2ccc(O)c(O)c2)C1Cc1cccc(O)c1. The van der Waals surface area contributed by atoms with Gasteiger partial charge in [-0.3, -0.25) is 4.79 Å². The molecule has 1 saturated heterocycles. The highest BCUT2D eigenvalue weighted by Crippen LogP contribution is 2.32. The molecule has 0 amide bonds. The highest BCUT2D eigenvalue weighted by Gasteiger charge is 2.36. The predicted molar refractivity (Wildman–Crippen MR) is 83.2 cm³/mol. The predicted octanol–water partition coefficient (Wildman–Crippen LogP) is 2.38. The van der Waals surface area contributed by atoms with Gasteiger partial charge in [-0.25, -0.2) is 0 Å². The zero-order valence-corrected chi connectivity index (χ0v) is 12.5. The van der Waals surface area contributed by atoms with Gasteiger partial charge in [-0.15, -0.1) is 0 Å². The van der Waals surface area contributed by atoms with E-state index in [4.69, 9.17) is 4.74 Å². The normalized spacial score (nSPS) is 20.4. The van der Waals surface area contributed by atoms with Gasteiger partial charge < -0.3 is 20.1 Å². The number of carbonyl (C=O) groups excluding carboxylic acids is 1. The second-order valence-electron chi connectivity index (χ2n) is 5.90. The Labute approximate surface area is 133 Å². The van der Waals surface area contributed by atoms with Crippen LogP contribution in [0.5, 0.6) is 17.2 Å². The second kappa shape index (κ2) is 6.20. The summed E-state index contributed by atoms with van der Waals surface area (Å²) in [6, 6.07) is 11.5. The fourth-order valence-corrected chi connectivity index (χ4v) is 2.99. The van der Waals surface area contributed by atoms with Gasteiger partial charge in [0.2, 0.25) is 0 Å². The van der Waals surface area contributed by atoms with Crippen molar-refractivity contribution in [1.82, 2.24) is 0 Å². The van der Waals surface area contributed by atoms with Crippen LogP contribution in [0, 0.1) is 11.8 Å². The molecule has 5 heteroatoms. The van der Waals surface area contributed by atoms with Crippen molar-refractivity contribution < 1.29 is 24.9 Å². The van der Waals surface area contributed by atoms with Crippen molar-refractivity contribution in [3.8, 4) is 17.2 Å². The average molecular weight is 314 g/mol. The average Bonchev–Trinajstić information content (AvgIpc) is 2.84. The number of cyclic esters (lactones) is 1. The van der Waals surface area contributed by atoms with E-state index in [2.05, 4.69) is 0 Å². The molecule has 0 aliphatic carbocycles. The van der Waals surface area contributed by atoms with E-state index in [1.165, 1.54) is 12.1 Å². The summed E-state index contributed by atoms with van der Waals surface area (Å²) in [4.78, 5) is 12.0. The molecule has 0 aromatic heterocycles. The number of ether oxygens (including phenoxy) is 1. The van der Waals surface area contributed by atoms with Crippen molar-refractivity contribution in [1.29, 1.82) is 0 Å². The van der Waals surface area contributed by atoms with E-state index in [9.17, 15) is 20.1 Å². The molecule has 1 fully saturated rings. The summed E-state index contributed by atoms with van der Waals surface area (Å²) < 4.78 is 5.19. The quantitative estimate of drug-likeness (QED) is 0.596. The largest absolute Gasteiger partial charge is 0.508 e. The fourth-order valence-electron chi connectivity index (χ4n) is 2.99. The first-order valence-electron chi connectivity index (χ1n) is 7.48. The van der Waals surface area contributed by atoms with Gasteiger partial charge in [-0.2, -0.15) is 0 Å². The lowest BCUT2D eigenvalue weighted by molar-refractivity contribution is -0.141. The van der Waals surface area contributed by atoms with Gasteiger partial charge in [0, 0.05) is 5.92 Å². The van der Waals surface area contributed by atoms with Crippen LogP contribution in [0.25, 0.3) is 0 Å². The van der Waals surface area contributed by atoms with Gasteiger partial charge in [0.1, 0.15) is 5.75 Å². The maximum Gasteiger partial charge on any atom is 0.309 e. The number of phenolic OH excluding ortho intramolecular Hbond substituents is 3. The van der Waals surface area contributed by atoms with Crippen molar-refractivity contribution >= 4 is 5.97 Å². The molecular formula is C18H18O5. The Morgan fingerprint density at radius 1 is 0.957 bits per heavy atom. The maximum absolute atomic E-state index is 12.0. The number of aromatic hydroxyl groups is 3. The zero-order chi connectivity index (χ0) is 16.4. The standard InChI is InChI=1S/C18H18O5/c19-14-3-1-2-11(7-14)8-15-13(10-23-18(15)22)6-12-4-5-16(20)17(21)9-12/h1-5,7,9,13,15,19-21H,6,8,10H2. The molecule has 0 radical (unpaired) electrons. The zero-order valence-electron chi connectivity index (χ0n) is 12.5. The Balaban J connectivity index is 1.75. The van der Waals surface area contributed by atoms with Crippen LogP contribution >= 0.6 is 0 Å². The number of benzene rings is 2. The molecule has 5 nitrogen and oxygen atoms in total. The Bertz CT molecular complexity index is 725. The lowest BCUT2D eigenvalue weighted by Gasteiger charge is -2.16. The Hall–Kier alpha value is -2.69. The molecule has 23 heavy (non-hydrogen) atoms. The Morgan fingerprint density at radius 2 is 1.74 bits per heavy atom. The van der Waals surface area contributed by atoms with Crippen molar-refractivity contribution in [2.24, 2.45) is 11.8 Å². The van der Waals surface area contributed by atoms with Gasteiger partial charge >= 0.3 is 5.97 Å². The van der Waals surface area contributed by atoms with Gasteiger partial charge in [-0.05, 0) is 48.2 Å². The monoisotopic (exact) mass is 314 g/mol. The first-order chi connectivity index (χ1) is 11.0. The van der Waals surface area contributed by atoms with Crippen molar-refractivity contribution in [2.45, 2.75) is 12.8 Å². The Morgan fingerprint density at radius 3 is 2.48 bits per heavy atom. The first kappa shape index (κ1) is 15.2. The molecule has 1 heterocycles. The molecule has 0 saturated carbocycles. The topological polar surface area (TPSA) is 87.0 Å². The number of hydrogen-bond acceptors (Lipinski definition) is 5. The molecule has 1 aliphatic heterocycles. The van der Waals surface area contributed by atoms with Crippen LogP contribution in [0.2, 0.25) is 0 Å². The highest BCUT2D eigenvalue weighted by atomic mass is 16.5. The van der Waals surface area contributed by atoms with Crippen LogP contribution < -0.4 is 0 Å². The van der Waals surface area contributed by atoms with E-state index in [1.54, 1.807) is 24.3 Å². The summed E-state index contributed by atoms with van der Waals surface area (Å²) in [7, 11) is 0. The summed E-state index contributed by atoms with van der Waals surface area (Å²) >= 11 is 0. The molecule has 0 spiro atoms. The minimum atomic E-state index is -0.284. The minimum Gasteiger partial charge on any atom is -0.508 e. The van der Waals surface area contributed by atoms with E-state index in [1.807, 2.05) is 6.07 Å². The van der Waals surface area contributed by atoms with Crippen LogP contribution in [0.4, 0.5) is 0 Å². The fraction of sp³-hybridized carbons (Fsp3) is 0.278. The number of esters is 1. The number of hydrogen-bond donors (Lipinski definition) is 3. The van der Waals surface area contributed by atoms with E-state index in [0.29, 0.717) is 19.4 Å². The van der Waals surface area contributed by atoms with E-state index in [0.717, 1.165) is 11.1 Å². The van der Waals surface area contributed by atoms with Crippen molar-refractivity contribution in [3.63, 3.8) is 0 Å². The summed E-state index contributed by atoms with van der Waals surface area (Å²) in [6.45, 7) is 0.337. The summed E-state index contributed by atoms with van der Waals surface area (Å²) in [5, 5.41) is 28.5. The minimum absolute atomic E-state index is 0.00575. The molecule has 120 valence electrons. The first-order valence-corrected chi connectivity index (χ1v) is 7.48. The third-order valence-corrected chi connectivity index (χ3v) is 4.22. The van der Waals surface area contributed by atoms with Crippen LogP contribution in [0.1, 0.15) is 11.1 Å². The van der Waals surface area contributed by atoms with Crippen LogP contribution in [0.3, 0.4) is 0 Å². The van der Waals surface area contributed by atoms with Crippen molar-refractivity contribution in [2.75, 3.05) is 6.61 Å². The highest BCUT2D eigenvalue weighted by molar-refractivity contribution is 5.75. The van der Waals surface area contributed by atoms with E-state index < -0.39 is 0 Å². The molecular weight excluding hydrogens is 296 g/mol. The summed E-state index contributed by atoms with van der Waals surface area (Å²) in [6.07, 6.45) is 1.07. The molecule has 2 unspecified atom stereocenters. The smallest absolute Gasteiger partial charge is 0.309 e. The molecule has 1 aliphatic rings. The summed E-state index contributed by atoms with van der Waals surface area (Å²) in [5.74, 6) is -0.683. The third kappa shape index (κ3) is 3.39. The van der Waals surface area contributed by atoms with Crippen LogP contribution in [0.15, 0.2) is 42.5 Å². The molecule has 2 aromatic rings. The molecule has 2 atom stereocenters. The Kier molecular flexibility index (Phi) is 4.10. The van der Waals surface area contributed by atoms with Gasteiger partial charge in [0.15, 0.2) is 11.5 Å². The van der Waals surface area contributed by atoms with Crippen LogP contribution in [-0.4, -0.2) is 27.9 Å². The number of carbonyl (C=O) groups is 1. The lowest BCUT2D eigenvalue weighted by Crippen LogP contribution is -2.20. The maximum atomic E-state index is 12.0. The lowest BCUT2D eigenvalue weighted by atomic mass is 9.85. The van der Waals surface area contributed by atoms with Gasteiger partial charge in [0.05, 0.1) is 12.5 Å². The van der Waals surface area contributed by atoms with Gasteiger partial charge in [-0.1, -0.05) is 18.2 Å². The van der Waals surface area contributed by atoms with Crippen LogP contribution in [-0.2, 0) is 22.4 Å². The van der Waals surface area contributed by atoms with E-state index in [-0.39, 0.29) is 35.1 Å². The van der Waals surface area contributed by atoms with E-state index >= 15 is 0 Å². The summed E-state index contributed by atoms with van der Waals surface area (Å²) in [5.41, 5.74) is 1.72. The third-order valence-electron chi connectivity index (χ3n) is 4.22. The number of phenols is 3. The molecule has 0 bridgehead atoms. The van der Waals surface area contributed by atoms with Gasteiger partial charge in [0.25, 0.3) is 0 Å². The second-order valence-corrected chi connectivity index (χ2v) is 5.90. The molecule has 3 rings (SSSR count). The molecule has 2 aromatic carbocycles. The van der Waals surface area contributed by atoms with Crippen molar-refractivity contribution in [3.05, 3.63) is 53.6 Å².